The Labute approximate surface area is 249 Å². The Hall–Kier alpha value is -5.12. The van der Waals surface area contributed by atoms with E-state index in [4.69, 9.17) is 9.47 Å². The van der Waals surface area contributed by atoms with Crippen LogP contribution in [-0.2, 0) is 27.3 Å². The fraction of sp³-hybridized carbons (Fsp3) is 0.273. The number of hydrogen-bond acceptors (Lipinski definition) is 6. The van der Waals surface area contributed by atoms with Gasteiger partial charge in [0, 0.05) is 37.3 Å². The highest BCUT2D eigenvalue weighted by Crippen LogP contribution is 2.28. The number of pyridine rings is 1. The van der Waals surface area contributed by atoms with E-state index in [9.17, 15) is 14.4 Å². The van der Waals surface area contributed by atoms with Crippen molar-refractivity contribution in [3.05, 3.63) is 103 Å². The number of amides is 2. The van der Waals surface area contributed by atoms with Crippen molar-refractivity contribution in [1.82, 2.24) is 18.9 Å². The first-order valence-electron chi connectivity index (χ1n) is 14.2. The lowest BCUT2D eigenvalue weighted by Crippen LogP contribution is -2.60. The van der Waals surface area contributed by atoms with E-state index in [2.05, 4.69) is 4.98 Å². The van der Waals surface area contributed by atoms with Gasteiger partial charge in [0.15, 0.2) is 5.82 Å². The van der Waals surface area contributed by atoms with Gasteiger partial charge >= 0.3 is 12.2 Å². The average Bonchev–Trinajstić information content (AvgIpc) is 3.58. The number of benzene rings is 2. The summed E-state index contributed by atoms with van der Waals surface area (Å²) in [4.78, 5) is 48.5. The Bertz CT molecular complexity index is 1770. The molecule has 0 N–H and O–H groups in total. The fourth-order valence-corrected chi connectivity index (χ4v) is 5.37. The molecule has 0 aliphatic carbocycles. The second-order valence-corrected chi connectivity index (χ2v) is 11.5. The van der Waals surface area contributed by atoms with Crippen molar-refractivity contribution in [2.75, 3.05) is 18.0 Å². The van der Waals surface area contributed by atoms with Crippen LogP contribution in [0.5, 0.6) is 0 Å². The predicted octanol–water partition coefficient (Wildman–Crippen LogP) is 5.67. The number of nitrogens with zero attached hydrogens (tertiary/aromatic N) is 5. The van der Waals surface area contributed by atoms with E-state index in [1.54, 1.807) is 11.1 Å². The Balaban J connectivity index is 1.34. The lowest BCUT2D eigenvalue weighted by atomic mass is 10.0. The molecule has 10 heteroatoms. The molecule has 3 aromatic heterocycles. The highest BCUT2D eigenvalue weighted by atomic mass is 16.6. The maximum atomic E-state index is 14.2. The molecule has 6 rings (SSSR count). The third kappa shape index (κ3) is 5.81. The van der Waals surface area contributed by atoms with E-state index < -0.39 is 23.8 Å². The first kappa shape index (κ1) is 28.0. The molecule has 0 radical (unpaired) electrons. The van der Waals surface area contributed by atoms with E-state index in [0.29, 0.717) is 17.0 Å². The molecule has 2 aromatic carbocycles. The monoisotopic (exact) mass is 579 g/mol. The van der Waals surface area contributed by atoms with Gasteiger partial charge in [-0.15, -0.1) is 0 Å². The molecular formula is C33H33N5O5. The number of carbonyl (C=O) groups excluding carboxylic acids is 3. The maximum absolute atomic E-state index is 14.2. The van der Waals surface area contributed by atoms with E-state index in [-0.39, 0.29) is 32.0 Å². The summed E-state index contributed by atoms with van der Waals surface area (Å²) in [6.45, 7) is 6.04. The predicted molar refractivity (Wildman–Crippen MR) is 162 cm³/mol. The second kappa shape index (κ2) is 11.3. The van der Waals surface area contributed by atoms with Crippen molar-refractivity contribution in [2.45, 2.75) is 45.4 Å². The second-order valence-electron chi connectivity index (χ2n) is 11.5. The number of anilines is 1. The number of ether oxygens (including phenoxy) is 2. The third-order valence-electron chi connectivity index (χ3n) is 7.36. The van der Waals surface area contributed by atoms with Crippen molar-refractivity contribution in [3.8, 4) is 0 Å². The van der Waals surface area contributed by atoms with Crippen molar-refractivity contribution < 1.29 is 23.9 Å². The number of hydrogen-bond donors (Lipinski definition) is 0. The van der Waals surface area contributed by atoms with Gasteiger partial charge in [-0.05, 0) is 50.1 Å². The Morgan fingerprint density at radius 1 is 0.907 bits per heavy atom. The number of carbonyl (C=O) groups is 3. The minimum Gasteiger partial charge on any atom is -0.445 e. The highest BCUT2D eigenvalue weighted by Gasteiger charge is 2.40. The van der Waals surface area contributed by atoms with Crippen molar-refractivity contribution in [2.24, 2.45) is 0 Å². The zero-order valence-electron chi connectivity index (χ0n) is 24.3. The van der Waals surface area contributed by atoms with Gasteiger partial charge in [0.25, 0.3) is 5.91 Å². The molecular weight excluding hydrogens is 546 g/mol. The maximum Gasteiger partial charge on any atom is 0.419 e. The molecule has 2 amide bonds. The summed E-state index contributed by atoms with van der Waals surface area (Å²) in [6, 6.07) is 21.6. The number of para-hydroxylation sites is 1. The van der Waals surface area contributed by atoms with Crippen LogP contribution in [0.15, 0.2) is 91.4 Å². The molecule has 220 valence electrons. The Morgan fingerprint density at radius 3 is 2.42 bits per heavy atom. The summed E-state index contributed by atoms with van der Waals surface area (Å²) in [6.07, 6.45) is 4.45. The van der Waals surface area contributed by atoms with Gasteiger partial charge in [-0.1, -0.05) is 54.6 Å². The van der Waals surface area contributed by atoms with Gasteiger partial charge in [0.05, 0.1) is 11.7 Å². The van der Waals surface area contributed by atoms with Gasteiger partial charge in [0.2, 0.25) is 0 Å². The SMILES string of the molecule is CC(C)(C)OC(=O)n1cc(C[C@@H]2C(=O)N(c3cn4ccccc4n3)CCN2C(=O)OCc2ccccc2)c2ccccc21. The van der Waals surface area contributed by atoms with E-state index in [0.717, 1.165) is 16.5 Å². The molecule has 1 fully saturated rings. The minimum atomic E-state index is -0.889. The minimum absolute atomic E-state index is 0.0885. The normalized spacial score (nSPS) is 15.7. The molecule has 43 heavy (non-hydrogen) atoms. The molecule has 10 nitrogen and oxygen atoms in total. The number of piperazine rings is 1. The van der Waals surface area contributed by atoms with Crippen LogP contribution in [0, 0.1) is 0 Å². The van der Waals surface area contributed by atoms with Crippen molar-refractivity contribution in [1.29, 1.82) is 0 Å². The summed E-state index contributed by atoms with van der Waals surface area (Å²) in [5.41, 5.74) is 2.27. The summed E-state index contributed by atoms with van der Waals surface area (Å²) < 4.78 is 14.6. The molecule has 1 saturated heterocycles. The van der Waals surface area contributed by atoms with Crippen LogP contribution < -0.4 is 4.90 Å². The average molecular weight is 580 g/mol. The lowest BCUT2D eigenvalue weighted by molar-refractivity contribution is -0.125. The number of fused-ring (bicyclic) bond motifs is 2. The van der Waals surface area contributed by atoms with Crippen LogP contribution in [0.1, 0.15) is 31.9 Å². The zero-order chi connectivity index (χ0) is 30.1. The number of aromatic nitrogens is 3. The molecule has 5 aromatic rings. The van der Waals surface area contributed by atoms with Crippen LogP contribution in [0.2, 0.25) is 0 Å². The van der Waals surface area contributed by atoms with E-state index in [1.165, 1.54) is 9.47 Å². The molecule has 1 atom stereocenters. The van der Waals surface area contributed by atoms with Crippen LogP contribution >= 0.6 is 0 Å². The summed E-state index contributed by atoms with van der Waals surface area (Å²) in [7, 11) is 0. The Kier molecular flexibility index (Phi) is 7.35. The fourth-order valence-electron chi connectivity index (χ4n) is 5.37. The van der Waals surface area contributed by atoms with Crippen LogP contribution in [0.4, 0.5) is 15.4 Å². The van der Waals surface area contributed by atoms with Gasteiger partial charge in [-0.2, -0.15) is 0 Å². The zero-order valence-corrected chi connectivity index (χ0v) is 24.3. The van der Waals surface area contributed by atoms with Crippen molar-refractivity contribution >= 4 is 40.5 Å². The number of imidazole rings is 1. The number of rotatable bonds is 5. The molecule has 0 spiro atoms. The Morgan fingerprint density at radius 2 is 1.65 bits per heavy atom. The van der Waals surface area contributed by atoms with Gasteiger partial charge < -0.3 is 13.9 Å². The quantitative estimate of drug-likeness (QED) is 0.266. The third-order valence-corrected chi connectivity index (χ3v) is 7.36. The first-order chi connectivity index (χ1) is 20.7. The van der Waals surface area contributed by atoms with E-state index in [1.807, 2.05) is 110 Å². The standard InChI is InChI=1S/C33H33N5O5/c1-33(2,3)43-32(41)38-20-24(25-13-7-8-14-26(25)38)19-27-30(39)37(29-21-35-16-10-9-15-28(35)34-29)18-17-36(27)31(40)42-22-23-11-5-4-6-12-23/h4-16,20-21,27H,17-19,22H2,1-3H3/t27-/m1/s1. The van der Waals surface area contributed by atoms with Crippen molar-refractivity contribution in [3.63, 3.8) is 0 Å². The van der Waals surface area contributed by atoms with Crippen LogP contribution in [-0.4, -0.2) is 61.7 Å². The van der Waals surface area contributed by atoms with Gasteiger partial charge in [0.1, 0.15) is 23.9 Å². The van der Waals surface area contributed by atoms with E-state index >= 15 is 0 Å². The molecule has 4 heterocycles. The first-order valence-corrected chi connectivity index (χ1v) is 14.2. The van der Waals surface area contributed by atoms with Crippen LogP contribution in [0.25, 0.3) is 16.6 Å². The molecule has 0 bridgehead atoms. The largest absolute Gasteiger partial charge is 0.445 e. The van der Waals surface area contributed by atoms with Gasteiger partial charge in [-0.3, -0.25) is 19.2 Å². The lowest BCUT2D eigenvalue weighted by Gasteiger charge is -2.39. The molecule has 1 aliphatic rings. The van der Waals surface area contributed by atoms with Crippen LogP contribution in [0.3, 0.4) is 0 Å². The summed E-state index contributed by atoms with van der Waals surface area (Å²) in [5, 5.41) is 0.795. The topological polar surface area (TPSA) is 98.4 Å². The molecule has 0 unspecified atom stereocenters. The summed E-state index contributed by atoms with van der Waals surface area (Å²) in [5.74, 6) is 0.232. The smallest absolute Gasteiger partial charge is 0.419 e. The van der Waals surface area contributed by atoms with Gasteiger partial charge in [-0.25, -0.2) is 14.6 Å². The summed E-state index contributed by atoms with van der Waals surface area (Å²) >= 11 is 0. The molecule has 0 saturated carbocycles. The molecule has 1 aliphatic heterocycles. The highest BCUT2D eigenvalue weighted by molar-refractivity contribution is 6.00.